The molecule has 0 radical (unpaired) electrons. The van der Waals surface area contributed by atoms with E-state index < -0.39 is 11.2 Å². The Kier molecular flexibility index (Phi) is 2.83. The molecule has 0 aliphatic carbocycles. The van der Waals surface area contributed by atoms with E-state index in [1.54, 1.807) is 0 Å². The summed E-state index contributed by atoms with van der Waals surface area (Å²) >= 11 is 1.53. The second-order valence-electron chi connectivity index (χ2n) is 4.17. The van der Waals surface area contributed by atoms with Crippen molar-refractivity contribution in [1.82, 2.24) is 19.5 Å². The monoisotopic (exact) mass is 276 g/mol. The third-order valence-electron chi connectivity index (χ3n) is 2.83. The first kappa shape index (κ1) is 11.9. The van der Waals surface area contributed by atoms with Gasteiger partial charge in [-0.25, -0.2) is 9.78 Å². The molecular weight excluding hydrogens is 264 g/mol. The maximum absolute atomic E-state index is 11.8. The van der Waals surface area contributed by atoms with Crippen LogP contribution < -0.4 is 11.2 Å². The molecule has 0 atom stereocenters. The Morgan fingerprint density at radius 1 is 1.37 bits per heavy atom. The van der Waals surface area contributed by atoms with Crippen LogP contribution in [0.5, 0.6) is 0 Å². The van der Waals surface area contributed by atoms with Crippen LogP contribution in [0, 0.1) is 0 Å². The van der Waals surface area contributed by atoms with Crippen LogP contribution in [-0.2, 0) is 6.54 Å². The number of hydrogen-bond acceptors (Lipinski definition) is 4. The first-order valence-electron chi connectivity index (χ1n) is 5.97. The van der Waals surface area contributed by atoms with E-state index in [-0.39, 0.29) is 0 Å². The van der Waals surface area contributed by atoms with Gasteiger partial charge in [-0.2, -0.15) is 0 Å². The third-order valence-corrected chi connectivity index (χ3v) is 3.71. The molecule has 0 spiro atoms. The fourth-order valence-corrected chi connectivity index (χ4v) is 2.67. The first-order chi connectivity index (χ1) is 9.20. The van der Waals surface area contributed by atoms with Gasteiger partial charge in [0.25, 0.3) is 5.56 Å². The van der Waals surface area contributed by atoms with Crippen LogP contribution in [0.3, 0.4) is 0 Å². The fraction of sp³-hybridized carbons (Fsp3) is 0.250. The minimum Gasteiger partial charge on any atom is -0.331 e. The molecule has 7 heteroatoms. The van der Waals surface area contributed by atoms with Crippen molar-refractivity contribution in [3.63, 3.8) is 0 Å². The number of rotatable bonds is 3. The molecule has 3 rings (SSSR count). The van der Waals surface area contributed by atoms with Gasteiger partial charge >= 0.3 is 5.69 Å². The molecule has 2 N–H and O–H groups in total. The number of nitrogens with one attached hydrogen (secondary N) is 2. The normalized spacial score (nSPS) is 11.2. The van der Waals surface area contributed by atoms with Crippen LogP contribution >= 0.6 is 11.3 Å². The van der Waals surface area contributed by atoms with Crippen molar-refractivity contribution in [2.24, 2.45) is 0 Å². The van der Waals surface area contributed by atoms with Crippen LogP contribution in [0.25, 0.3) is 21.9 Å². The van der Waals surface area contributed by atoms with Gasteiger partial charge in [-0.05, 0) is 17.9 Å². The molecule has 3 heterocycles. The average Bonchev–Trinajstić information content (AvgIpc) is 3.02. The highest BCUT2D eigenvalue weighted by molar-refractivity contribution is 7.13. The zero-order valence-electron chi connectivity index (χ0n) is 10.3. The number of imidazole rings is 1. The number of fused-ring (bicyclic) bond motifs is 1. The van der Waals surface area contributed by atoms with E-state index in [0.29, 0.717) is 23.5 Å². The quantitative estimate of drug-likeness (QED) is 0.761. The molecule has 3 aromatic heterocycles. The van der Waals surface area contributed by atoms with Crippen LogP contribution in [0.4, 0.5) is 0 Å². The van der Waals surface area contributed by atoms with Crippen molar-refractivity contribution in [2.75, 3.05) is 0 Å². The van der Waals surface area contributed by atoms with Gasteiger partial charge < -0.3 is 4.98 Å². The minimum absolute atomic E-state index is 0.344. The highest BCUT2D eigenvalue weighted by atomic mass is 32.1. The number of nitrogens with zero attached hydrogens (tertiary/aromatic N) is 2. The lowest BCUT2D eigenvalue weighted by molar-refractivity contribution is 0.653. The van der Waals surface area contributed by atoms with Crippen LogP contribution in [0.15, 0.2) is 27.1 Å². The van der Waals surface area contributed by atoms with E-state index in [4.69, 9.17) is 0 Å². The summed E-state index contributed by atoms with van der Waals surface area (Å²) in [6, 6.07) is 3.83. The number of aromatic nitrogens is 4. The largest absolute Gasteiger partial charge is 0.331 e. The lowest BCUT2D eigenvalue weighted by Crippen LogP contribution is -2.30. The third kappa shape index (κ3) is 1.91. The number of aryl methyl sites for hydroxylation is 1. The Morgan fingerprint density at radius 2 is 2.21 bits per heavy atom. The fourth-order valence-electron chi connectivity index (χ4n) is 2.00. The summed E-state index contributed by atoms with van der Waals surface area (Å²) in [7, 11) is 0. The van der Waals surface area contributed by atoms with Gasteiger partial charge in [-0.15, -0.1) is 11.3 Å². The summed E-state index contributed by atoms with van der Waals surface area (Å²) in [6.45, 7) is 2.50. The van der Waals surface area contributed by atoms with Crippen molar-refractivity contribution in [1.29, 1.82) is 0 Å². The molecule has 0 unspecified atom stereocenters. The topological polar surface area (TPSA) is 83.5 Å². The van der Waals surface area contributed by atoms with Crippen LogP contribution in [-0.4, -0.2) is 19.5 Å². The molecule has 98 valence electrons. The van der Waals surface area contributed by atoms with Gasteiger partial charge in [0, 0.05) is 6.54 Å². The highest BCUT2D eigenvalue weighted by Crippen LogP contribution is 2.22. The molecule has 6 nitrogen and oxygen atoms in total. The van der Waals surface area contributed by atoms with E-state index in [0.717, 1.165) is 11.3 Å². The second-order valence-corrected chi connectivity index (χ2v) is 5.12. The lowest BCUT2D eigenvalue weighted by atomic mass is 10.4. The van der Waals surface area contributed by atoms with Gasteiger partial charge in [0.2, 0.25) is 0 Å². The molecule has 0 aromatic carbocycles. The molecule has 0 fully saturated rings. The number of hydrogen-bond donors (Lipinski definition) is 2. The zero-order chi connectivity index (χ0) is 13.4. The Bertz CT molecular complexity index is 826. The standard InChI is InChI=1S/C12H12N4O2S/c1-2-5-16-10-8(11(17)15-12(16)18)13-9(14-10)7-4-3-6-19-7/h3-4,6H,2,5H2,1H3,(H,13,14)(H,15,17,18). The van der Waals surface area contributed by atoms with Crippen LogP contribution in [0.2, 0.25) is 0 Å². The maximum atomic E-state index is 11.8. The molecule has 0 aliphatic rings. The van der Waals surface area contributed by atoms with E-state index in [1.807, 2.05) is 24.4 Å². The van der Waals surface area contributed by atoms with E-state index in [2.05, 4.69) is 15.0 Å². The molecule has 0 saturated carbocycles. The molecule has 0 saturated heterocycles. The Hall–Kier alpha value is -2.15. The molecule has 19 heavy (non-hydrogen) atoms. The second kappa shape index (κ2) is 4.51. The summed E-state index contributed by atoms with van der Waals surface area (Å²) in [5, 5.41) is 1.94. The molecular formula is C12H12N4O2S. The smallest absolute Gasteiger partial charge is 0.330 e. The minimum atomic E-state index is -0.428. The van der Waals surface area contributed by atoms with Gasteiger partial charge in [0.15, 0.2) is 11.5 Å². The summed E-state index contributed by atoms with van der Waals surface area (Å²) in [5.74, 6) is 0.617. The molecule has 0 bridgehead atoms. The Labute approximate surface area is 111 Å². The predicted octanol–water partition coefficient (Wildman–Crippen LogP) is 1.55. The van der Waals surface area contributed by atoms with Crippen molar-refractivity contribution < 1.29 is 0 Å². The van der Waals surface area contributed by atoms with Crippen molar-refractivity contribution in [3.05, 3.63) is 38.4 Å². The Morgan fingerprint density at radius 3 is 2.89 bits per heavy atom. The van der Waals surface area contributed by atoms with Gasteiger partial charge in [-0.1, -0.05) is 13.0 Å². The maximum Gasteiger partial charge on any atom is 0.330 e. The van der Waals surface area contributed by atoms with E-state index in [1.165, 1.54) is 15.9 Å². The number of thiophene rings is 1. The van der Waals surface area contributed by atoms with Crippen molar-refractivity contribution in [3.8, 4) is 10.7 Å². The van der Waals surface area contributed by atoms with Crippen molar-refractivity contribution in [2.45, 2.75) is 19.9 Å². The van der Waals surface area contributed by atoms with Crippen LogP contribution in [0.1, 0.15) is 13.3 Å². The van der Waals surface area contributed by atoms with Gasteiger partial charge in [0.1, 0.15) is 5.52 Å². The molecule has 0 aliphatic heterocycles. The van der Waals surface area contributed by atoms with E-state index in [9.17, 15) is 9.59 Å². The van der Waals surface area contributed by atoms with Crippen molar-refractivity contribution >= 4 is 22.5 Å². The lowest BCUT2D eigenvalue weighted by Gasteiger charge is -2.02. The molecule has 3 aromatic rings. The zero-order valence-corrected chi connectivity index (χ0v) is 11.1. The average molecular weight is 276 g/mol. The summed E-state index contributed by atoms with van der Waals surface area (Å²) in [5.41, 5.74) is -0.0818. The number of aromatic amines is 2. The SMILES string of the molecule is CCCn1c(=O)[nH]c(=O)c2[nH]c(-c3cccs3)nc21. The van der Waals surface area contributed by atoms with Gasteiger partial charge in [-0.3, -0.25) is 14.3 Å². The molecule has 0 amide bonds. The first-order valence-corrected chi connectivity index (χ1v) is 6.85. The summed E-state index contributed by atoms with van der Waals surface area (Å²) < 4.78 is 1.49. The summed E-state index contributed by atoms with van der Waals surface area (Å²) in [6.07, 6.45) is 0.794. The highest BCUT2D eigenvalue weighted by Gasteiger charge is 2.13. The van der Waals surface area contributed by atoms with Gasteiger partial charge in [0.05, 0.1) is 4.88 Å². The summed E-state index contributed by atoms with van der Waals surface area (Å²) in [4.78, 5) is 34.2. The number of H-pyrrole nitrogens is 2. The Balaban J connectivity index is 2.32. The predicted molar refractivity (Wildman–Crippen MR) is 74.6 cm³/mol. The van der Waals surface area contributed by atoms with E-state index >= 15 is 0 Å².